The first-order valence-electron chi connectivity index (χ1n) is 14.2. The molecule has 1 aromatic rings. The Kier molecular flexibility index (Phi) is 14.6. The Bertz CT molecular complexity index is 1070. The van der Waals surface area contributed by atoms with Crippen molar-refractivity contribution in [1.29, 1.82) is 0 Å². The third kappa shape index (κ3) is 12.9. The lowest BCUT2D eigenvalue weighted by molar-refractivity contribution is -0.137. The van der Waals surface area contributed by atoms with Gasteiger partial charge in [0.1, 0.15) is 5.82 Å². The molecule has 41 heavy (non-hydrogen) atoms. The second kappa shape index (κ2) is 17.6. The summed E-state index contributed by atoms with van der Waals surface area (Å²) in [6.45, 7) is 5.50. The molecule has 0 heterocycles. The lowest BCUT2D eigenvalue weighted by atomic mass is 9.88. The van der Waals surface area contributed by atoms with Crippen molar-refractivity contribution in [3.8, 4) is 0 Å². The highest BCUT2D eigenvalue weighted by atomic mass is 32.2. The number of ketones is 1. The van der Waals surface area contributed by atoms with E-state index in [2.05, 4.69) is 10.6 Å². The van der Waals surface area contributed by atoms with E-state index in [4.69, 9.17) is 10.5 Å². The van der Waals surface area contributed by atoms with Gasteiger partial charge in [-0.3, -0.25) is 19.2 Å². The zero-order chi connectivity index (χ0) is 30.4. The molecule has 3 amide bonds. The van der Waals surface area contributed by atoms with Crippen molar-refractivity contribution in [3.63, 3.8) is 0 Å². The number of hydrogen-bond donors (Lipinski definition) is 3. The van der Waals surface area contributed by atoms with E-state index < -0.39 is 41.6 Å². The number of ether oxygens (including phenoxy) is 1. The summed E-state index contributed by atoms with van der Waals surface area (Å²) in [5, 5.41) is 5.66. The van der Waals surface area contributed by atoms with Gasteiger partial charge in [0.15, 0.2) is 5.78 Å². The SMILES string of the molecule is CCOC(=O)/C=C/[C@H](CCC(N)=O)NC(=O)[C@@H](CC(=O)[C@@H](NC(=O)SC1CCCC1)C(C)C)Cc1ccc(F)cc1. The fraction of sp³-hybridized carbons (Fsp3) is 0.567. The topological polar surface area (TPSA) is 145 Å². The van der Waals surface area contributed by atoms with Crippen molar-refractivity contribution in [2.24, 2.45) is 17.6 Å². The third-order valence-electron chi connectivity index (χ3n) is 6.86. The molecule has 9 nitrogen and oxygen atoms in total. The Labute approximate surface area is 245 Å². The number of nitrogens with two attached hydrogens (primary N) is 1. The average Bonchev–Trinajstić information content (AvgIpc) is 3.42. The van der Waals surface area contributed by atoms with Crippen LogP contribution in [0.3, 0.4) is 0 Å². The van der Waals surface area contributed by atoms with Crippen LogP contribution in [-0.2, 0) is 30.3 Å². The number of benzene rings is 1. The molecule has 0 spiro atoms. The van der Waals surface area contributed by atoms with Crippen LogP contribution in [0.1, 0.15) is 71.3 Å². The van der Waals surface area contributed by atoms with E-state index >= 15 is 0 Å². The van der Waals surface area contributed by atoms with Crippen molar-refractivity contribution in [2.45, 2.75) is 89.5 Å². The van der Waals surface area contributed by atoms with Gasteiger partial charge in [0, 0.05) is 36.1 Å². The number of carbonyl (C=O) groups is 5. The van der Waals surface area contributed by atoms with Crippen molar-refractivity contribution >= 4 is 40.6 Å². The molecule has 0 bridgehead atoms. The van der Waals surface area contributed by atoms with E-state index in [9.17, 15) is 28.4 Å². The van der Waals surface area contributed by atoms with Gasteiger partial charge in [-0.25, -0.2) is 9.18 Å². The molecule has 226 valence electrons. The molecule has 1 saturated carbocycles. The second-order valence-corrected chi connectivity index (χ2v) is 11.9. The van der Waals surface area contributed by atoms with Gasteiger partial charge >= 0.3 is 5.97 Å². The van der Waals surface area contributed by atoms with Gasteiger partial charge in [-0.05, 0) is 56.2 Å². The van der Waals surface area contributed by atoms with E-state index in [1.54, 1.807) is 19.1 Å². The van der Waals surface area contributed by atoms with Crippen LogP contribution in [0.25, 0.3) is 0 Å². The number of esters is 1. The molecule has 0 radical (unpaired) electrons. The third-order valence-corrected chi connectivity index (χ3v) is 7.99. The summed E-state index contributed by atoms with van der Waals surface area (Å²) in [4.78, 5) is 63.0. The van der Waals surface area contributed by atoms with Gasteiger partial charge in [-0.1, -0.05) is 56.7 Å². The quantitative estimate of drug-likeness (QED) is 0.193. The minimum Gasteiger partial charge on any atom is -0.463 e. The van der Waals surface area contributed by atoms with Gasteiger partial charge in [0.05, 0.1) is 12.6 Å². The van der Waals surface area contributed by atoms with Crippen molar-refractivity contribution < 1.29 is 33.1 Å². The van der Waals surface area contributed by atoms with E-state index in [1.165, 1.54) is 36.0 Å². The Balaban J connectivity index is 2.21. The number of halogens is 1. The minimum absolute atomic E-state index is 0.0419. The molecule has 0 aliphatic heterocycles. The Morgan fingerprint density at radius 3 is 2.34 bits per heavy atom. The maximum atomic E-state index is 13.5. The molecule has 4 N–H and O–H groups in total. The first-order valence-corrected chi connectivity index (χ1v) is 15.0. The monoisotopic (exact) mass is 591 g/mol. The average molecular weight is 592 g/mol. The van der Waals surface area contributed by atoms with E-state index in [-0.39, 0.29) is 54.5 Å². The predicted octanol–water partition coefficient (Wildman–Crippen LogP) is 4.22. The molecule has 2 rings (SSSR count). The van der Waals surface area contributed by atoms with Crippen LogP contribution < -0.4 is 16.4 Å². The van der Waals surface area contributed by atoms with Crippen LogP contribution in [0.5, 0.6) is 0 Å². The van der Waals surface area contributed by atoms with Crippen LogP contribution in [0, 0.1) is 17.7 Å². The Morgan fingerprint density at radius 2 is 1.76 bits per heavy atom. The number of amides is 3. The highest BCUT2D eigenvalue weighted by Crippen LogP contribution is 2.30. The molecular weight excluding hydrogens is 549 g/mol. The van der Waals surface area contributed by atoms with Crippen LogP contribution in [0.4, 0.5) is 9.18 Å². The smallest absolute Gasteiger partial charge is 0.330 e. The summed E-state index contributed by atoms with van der Waals surface area (Å²) in [6.07, 6.45) is 6.77. The van der Waals surface area contributed by atoms with Gasteiger partial charge < -0.3 is 21.1 Å². The van der Waals surface area contributed by atoms with Crippen LogP contribution in [0.15, 0.2) is 36.4 Å². The number of thioether (sulfide) groups is 1. The largest absolute Gasteiger partial charge is 0.463 e. The Hall–Kier alpha value is -3.21. The second-order valence-electron chi connectivity index (χ2n) is 10.6. The summed E-state index contributed by atoms with van der Waals surface area (Å²) < 4.78 is 18.4. The molecule has 1 fully saturated rings. The van der Waals surface area contributed by atoms with Crippen molar-refractivity contribution in [1.82, 2.24) is 10.6 Å². The number of carbonyl (C=O) groups excluding carboxylic acids is 5. The molecule has 0 saturated heterocycles. The molecule has 1 aliphatic carbocycles. The Morgan fingerprint density at radius 1 is 1.10 bits per heavy atom. The number of Topliss-reactive ketones (excluding diaryl/α,β-unsaturated/α-hetero) is 1. The number of hydrogen-bond acceptors (Lipinski definition) is 7. The zero-order valence-corrected chi connectivity index (χ0v) is 24.8. The molecule has 11 heteroatoms. The lowest BCUT2D eigenvalue weighted by Crippen LogP contribution is -2.46. The molecule has 0 aromatic heterocycles. The normalized spacial score (nSPS) is 15.8. The summed E-state index contributed by atoms with van der Waals surface area (Å²) in [6, 6.07) is 4.14. The standard InChI is InChI=1S/C30H42FN3O6S/c1-4-40-27(37)16-14-23(13-15-26(32)36)33-29(38)21(17-20-9-11-22(31)12-10-20)18-25(35)28(19(2)3)34-30(39)41-24-7-5-6-8-24/h9-12,14,16,19,21,23-24,28H,4-8,13,15,17-18H2,1-3H3,(H2,32,36)(H,33,38)(H,34,39)/b16-14+/t21-,23+,28+/m1/s1. The highest BCUT2D eigenvalue weighted by molar-refractivity contribution is 8.14. The van der Waals surface area contributed by atoms with E-state index in [0.717, 1.165) is 25.7 Å². The molecule has 0 unspecified atom stereocenters. The predicted molar refractivity (Wildman–Crippen MR) is 156 cm³/mol. The fourth-order valence-corrected chi connectivity index (χ4v) is 5.74. The van der Waals surface area contributed by atoms with Gasteiger partial charge in [-0.2, -0.15) is 0 Å². The van der Waals surface area contributed by atoms with Crippen LogP contribution in [-0.4, -0.2) is 52.7 Å². The number of rotatable bonds is 16. The van der Waals surface area contributed by atoms with Gasteiger partial charge in [-0.15, -0.1) is 0 Å². The van der Waals surface area contributed by atoms with Crippen molar-refractivity contribution in [2.75, 3.05) is 6.61 Å². The number of primary amides is 1. The maximum absolute atomic E-state index is 13.5. The van der Waals surface area contributed by atoms with Crippen molar-refractivity contribution in [3.05, 3.63) is 47.8 Å². The minimum atomic E-state index is -0.860. The summed E-state index contributed by atoms with van der Waals surface area (Å²) in [5.41, 5.74) is 5.94. The van der Waals surface area contributed by atoms with E-state index in [1.807, 2.05) is 13.8 Å². The first-order chi connectivity index (χ1) is 19.5. The maximum Gasteiger partial charge on any atom is 0.330 e. The molecular formula is C30H42FN3O6S. The first kappa shape index (κ1) is 34.0. The summed E-state index contributed by atoms with van der Waals surface area (Å²) in [7, 11) is 0. The lowest BCUT2D eigenvalue weighted by Gasteiger charge is -2.25. The molecule has 1 aromatic carbocycles. The van der Waals surface area contributed by atoms with Gasteiger partial charge in [0.2, 0.25) is 11.8 Å². The number of nitrogens with one attached hydrogen (secondary N) is 2. The van der Waals surface area contributed by atoms with Crippen LogP contribution in [0.2, 0.25) is 0 Å². The van der Waals surface area contributed by atoms with E-state index in [0.29, 0.717) is 5.56 Å². The molecule has 1 aliphatic rings. The summed E-state index contributed by atoms with van der Waals surface area (Å²) in [5.74, 6) is -3.45. The zero-order valence-electron chi connectivity index (χ0n) is 24.0. The summed E-state index contributed by atoms with van der Waals surface area (Å²) >= 11 is 1.23. The molecule has 3 atom stereocenters. The fourth-order valence-electron chi connectivity index (χ4n) is 4.67. The highest BCUT2D eigenvalue weighted by Gasteiger charge is 2.31. The van der Waals surface area contributed by atoms with Gasteiger partial charge in [0.25, 0.3) is 5.24 Å². The van der Waals surface area contributed by atoms with Crippen LogP contribution >= 0.6 is 11.8 Å².